The molecule has 1 aromatic carbocycles. The van der Waals surface area contributed by atoms with Gasteiger partial charge in [-0.1, -0.05) is 37.5 Å². The van der Waals surface area contributed by atoms with Gasteiger partial charge in [0.25, 0.3) is 0 Å². The van der Waals surface area contributed by atoms with Crippen LogP contribution >= 0.6 is 0 Å². The van der Waals surface area contributed by atoms with Gasteiger partial charge in [0.05, 0.1) is 6.54 Å². The highest BCUT2D eigenvalue weighted by atomic mass is 16.2. The Balaban J connectivity index is 1.35. The van der Waals surface area contributed by atoms with Crippen molar-refractivity contribution in [3.8, 4) is 0 Å². The number of amides is 3. The molecular weight excluding hydrogens is 340 g/mol. The van der Waals surface area contributed by atoms with Crippen LogP contribution in [0.25, 0.3) is 0 Å². The molecule has 3 rings (SSSR count). The van der Waals surface area contributed by atoms with Crippen LogP contribution in [0.15, 0.2) is 24.3 Å². The number of aryl methyl sites for hydroxylation is 1. The minimum Gasteiger partial charge on any atom is -0.335 e. The number of nitrogens with zero attached hydrogens (tertiary/aromatic N) is 1. The number of likely N-dealkylation sites (tertiary alicyclic amines) is 1. The van der Waals surface area contributed by atoms with Crippen LogP contribution in [0.1, 0.15) is 50.5 Å². The van der Waals surface area contributed by atoms with Crippen molar-refractivity contribution in [1.82, 2.24) is 15.5 Å². The average Bonchev–Trinajstić information content (AvgIpc) is 2.66. The van der Waals surface area contributed by atoms with E-state index in [4.69, 9.17) is 0 Å². The Hall–Kier alpha value is -2.08. The number of carbonyl (C=O) groups excluding carboxylic acids is 2. The molecule has 148 valence electrons. The third-order valence-electron chi connectivity index (χ3n) is 5.65. The van der Waals surface area contributed by atoms with Gasteiger partial charge in [-0.3, -0.25) is 9.69 Å². The van der Waals surface area contributed by atoms with Crippen LogP contribution in [0.4, 0.5) is 10.5 Å². The first-order valence-electron chi connectivity index (χ1n) is 10.2. The first kappa shape index (κ1) is 19.7. The maximum Gasteiger partial charge on any atom is 0.315 e. The Morgan fingerprint density at radius 2 is 1.59 bits per heavy atom. The Kier molecular flexibility index (Phi) is 7.10. The zero-order valence-electron chi connectivity index (χ0n) is 16.3. The molecule has 0 radical (unpaired) electrons. The van der Waals surface area contributed by atoms with E-state index in [2.05, 4.69) is 20.9 Å². The predicted molar refractivity (Wildman–Crippen MR) is 108 cm³/mol. The SMILES string of the molecule is Cc1ccccc1NC(=O)CN1CCC(NC(=O)NC2CCCCC2)CC1. The Morgan fingerprint density at radius 3 is 2.26 bits per heavy atom. The summed E-state index contributed by atoms with van der Waals surface area (Å²) in [6.07, 6.45) is 7.69. The van der Waals surface area contributed by atoms with E-state index in [0.29, 0.717) is 12.6 Å². The number of nitrogens with one attached hydrogen (secondary N) is 3. The molecule has 1 saturated heterocycles. The summed E-state index contributed by atoms with van der Waals surface area (Å²) in [5, 5.41) is 9.21. The normalized spacial score (nSPS) is 19.4. The van der Waals surface area contributed by atoms with Gasteiger partial charge >= 0.3 is 6.03 Å². The molecule has 2 fully saturated rings. The standard InChI is InChI=1S/C21H32N4O2/c1-16-7-5-6-10-19(16)24-20(26)15-25-13-11-18(12-14-25)23-21(27)22-17-8-3-2-4-9-17/h5-7,10,17-18H,2-4,8-9,11-15H2,1H3,(H,24,26)(H2,22,23,27). The lowest BCUT2D eigenvalue weighted by molar-refractivity contribution is -0.117. The quantitative estimate of drug-likeness (QED) is 0.744. The van der Waals surface area contributed by atoms with E-state index < -0.39 is 0 Å². The Bertz CT molecular complexity index is 635. The highest BCUT2D eigenvalue weighted by molar-refractivity contribution is 5.92. The number of piperidine rings is 1. The summed E-state index contributed by atoms with van der Waals surface area (Å²) in [6.45, 7) is 4.05. The molecule has 3 N–H and O–H groups in total. The summed E-state index contributed by atoms with van der Waals surface area (Å²) in [5.74, 6) is 0.0192. The maximum absolute atomic E-state index is 12.3. The Labute approximate surface area is 162 Å². The highest BCUT2D eigenvalue weighted by Gasteiger charge is 2.23. The number of hydrogen-bond acceptors (Lipinski definition) is 3. The van der Waals surface area contributed by atoms with Crippen molar-refractivity contribution in [2.75, 3.05) is 25.0 Å². The zero-order chi connectivity index (χ0) is 19.1. The average molecular weight is 373 g/mol. The van der Waals surface area contributed by atoms with Gasteiger partial charge in [0.15, 0.2) is 0 Å². The minimum atomic E-state index is -0.0300. The van der Waals surface area contributed by atoms with Crippen molar-refractivity contribution in [3.05, 3.63) is 29.8 Å². The van der Waals surface area contributed by atoms with E-state index in [0.717, 1.165) is 50.0 Å². The predicted octanol–water partition coefficient (Wildman–Crippen LogP) is 3.03. The van der Waals surface area contributed by atoms with Gasteiger partial charge in [0, 0.05) is 30.9 Å². The third-order valence-corrected chi connectivity index (χ3v) is 5.65. The van der Waals surface area contributed by atoms with Crippen molar-refractivity contribution in [1.29, 1.82) is 0 Å². The van der Waals surface area contributed by atoms with Crippen LogP contribution in [0.2, 0.25) is 0 Å². The van der Waals surface area contributed by atoms with Gasteiger partial charge in [0.2, 0.25) is 5.91 Å². The van der Waals surface area contributed by atoms with Crippen LogP contribution in [-0.4, -0.2) is 48.6 Å². The monoisotopic (exact) mass is 372 g/mol. The van der Waals surface area contributed by atoms with Crippen LogP contribution in [-0.2, 0) is 4.79 Å². The topological polar surface area (TPSA) is 73.5 Å². The van der Waals surface area contributed by atoms with Crippen molar-refractivity contribution in [2.24, 2.45) is 0 Å². The van der Waals surface area contributed by atoms with Gasteiger partial charge < -0.3 is 16.0 Å². The molecule has 0 atom stereocenters. The molecular formula is C21H32N4O2. The van der Waals surface area contributed by atoms with Gasteiger partial charge in [-0.15, -0.1) is 0 Å². The zero-order valence-corrected chi connectivity index (χ0v) is 16.3. The van der Waals surface area contributed by atoms with E-state index in [1.54, 1.807) is 0 Å². The van der Waals surface area contributed by atoms with Crippen molar-refractivity contribution in [2.45, 2.75) is 64.0 Å². The van der Waals surface area contributed by atoms with E-state index in [9.17, 15) is 9.59 Å². The molecule has 6 heteroatoms. The first-order valence-corrected chi connectivity index (χ1v) is 10.2. The molecule has 0 spiro atoms. The Morgan fingerprint density at radius 1 is 0.963 bits per heavy atom. The summed E-state index contributed by atoms with van der Waals surface area (Å²) in [4.78, 5) is 26.6. The maximum atomic E-state index is 12.3. The summed E-state index contributed by atoms with van der Waals surface area (Å²) >= 11 is 0. The molecule has 27 heavy (non-hydrogen) atoms. The van der Waals surface area contributed by atoms with Crippen molar-refractivity contribution < 1.29 is 9.59 Å². The van der Waals surface area contributed by atoms with Crippen LogP contribution in [0.3, 0.4) is 0 Å². The summed E-state index contributed by atoms with van der Waals surface area (Å²) in [5.41, 5.74) is 1.94. The molecule has 6 nitrogen and oxygen atoms in total. The summed E-state index contributed by atoms with van der Waals surface area (Å²) < 4.78 is 0. The molecule has 2 aliphatic rings. The molecule has 1 aliphatic carbocycles. The van der Waals surface area contributed by atoms with Gasteiger partial charge in [-0.05, 0) is 44.2 Å². The highest BCUT2D eigenvalue weighted by Crippen LogP contribution is 2.18. The first-order chi connectivity index (χ1) is 13.1. The lowest BCUT2D eigenvalue weighted by atomic mass is 9.96. The van der Waals surface area contributed by atoms with Crippen molar-refractivity contribution >= 4 is 17.6 Å². The van der Waals surface area contributed by atoms with E-state index in [-0.39, 0.29) is 18.0 Å². The molecule has 0 bridgehead atoms. The second-order valence-corrected chi connectivity index (χ2v) is 7.87. The molecule has 3 amide bonds. The molecule has 1 heterocycles. The van der Waals surface area contributed by atoms with E-state index >= 15 is 0 Å². The smallest absolute Gasteiger partial charge is 0.315 e. The number of rotatable bonds is 5. The number of hydrogen-bond donors (Lipinski definition) is 3. The number of carbonyl (C=O) groups is 2. The molecule has 0 unspecified atom stereocenters. The fourth-order valence-corrected chi connectivity index (χ4v) is 4.00. The number of para-hydroxylation sites is 1. The van der Waals surface area contributed by atoms with Gasteiger partial charge in [-0.2, -0.15) is 0 Å². The second-order valence-electron chi connectivity index (χ2n) is 7.87. The number of benzene rings is 1. The molecule has 1 saturated carbocycles. The van der Waals surface area contributed by atoms with Crippen molar-refractivity contribution in [3.63, 3.8) is 0 Å². The fourth-order valence-electron chi connectivity index (χ4n) is 4.00. The van der Waals surface area contributed by atoms with Crippen LogP contribution < -0.4 is 16.0 Å². The fraction of sp³-hybridized carbons (Fsp3) is 0.619. The number of urea groups is 1. The molecule has 1 aromatic rings. The lowest BCUT2D eigenvalue weighted by Crippen LogP contribution is -2.51. The van der Waals surface area contributed by atoms with Gasteiger partial charge in [-0.25, -0.2) is 4.79 Å². The largest absolute Gasteiger partial charge is 0.335 e. The summed E-state index contributed by atoms with van der Waals surface area (Å²) in [6, 6.07) is 8.32. The van der Waals surface area contributed by atoms with Gasteiger partial charge in [0.1, 0.15) is 0 Å². The minimum absolute atomic E-state index is 0.0192. The van der Waals surface area contributed by atoms with E-state index in [1.165, 1.54) is 19.3 Å². The van der Waals surface area contributed by atoms with Crippen LogP contribution in [0.5, 0.6) is 0 Å². The third kappa shape index (κ3) is 6.24. The van der Waals surface area contributed by atoms with E-state index in [1.807, 2.05) is 31.2 Å². The number of anilines is 1. The molecule has 0 aromatic heterocycles. The van der Waals surface area contributed by atoms with Crippen LogP contribution in [0, 0.1) is 6.92 Å². The summed E-state index contributed by atoms with van der Waals surface area (Å²) in [7, 11) is 0. The molecule has 1 aliphatic heterocycles. The lowest BCUT2D eigenvalue weighted by Gasteiger charge is -2.32. The second kappa shape index (κ2) is 9.74.